The van der Waals surface area contributed by atoms with E-state index >= 15 is 0 Å². The topological polar surface area (TPSA) is 93.3 Å². The molecule has 0 spiro atoms. The van der Waals surface area contributed by atoms with Crippen LogP contribution in [0.2, 0.25) is 0 Å². The van der Waals surface area contributed by atoms with Gasteiger partial charge in [0.15, 0.2) is 16.7 Å². The number of carbonyl (C=O) groups is 1. The normalized spacial score (nSPS) is 15.9. The second-order valence-corrected chi connectivity index (χ2v) is 9.49. The van der Waals surface area contributed by atoms with Gasteiger partial charge in [-0.15, -0.1) is 11.3 Å². The van der Waals surface area contributed by atoms with Gasteiger partial charge in [0.2, 0.25) is 12.7 Å². The second kappa shape index (κ2) is 7.38. The van der Waals surface area contributed by atoms with Crippen LogP contribution in [-0.2, 0) is 17.6 Å². The van der Waals surface area contributed by atoms with Crippen LogP contribution in [0, 0.1) is 0 Å². The summed E-state index contributed by atoms with van der Waals surface area (Å²) in [7, 11) is 0. The lowest BCUT2D eigenvalue weighted by molar-refractivity contribution is -0.115. The average molecular weight is 430 g/mol. The number of rotatable bonds is 4. The van der Waals surface area contributed by atoms with Crippen LogP contribution < -0.4 is 20.3 Å². The Balaban J connectivity index is 1.33. The van der Waals surface area contributed by atoms with Gasteiger partial charge in [0.25, 0.3) is 5.56 Å². The van der Waals surface area contributed by atoms with Crippen molar-refractivity contribution in [3.8, 4) is 11.5 Å². The number of hydrogen-bond donors (Lipinski definition) is 2. The van der Waals surface area contributed by atoms with Crippen molar-refractivity contribution in [1.82, 2.24) is 9.97 Å². The largest absolute Gasteiger partial charge is 0.454 e. The molecule has 3 heterocycles. The predicted molar refractivity (Wildman–Crippen MR) is 113 cm³/mol. The minimum absolute atomic E-state index is 0.111. The molecule has 7 nitrogen and oxygen atoms in total. The number of benzene rings is 1. The quantitative estimate of drug-likeness (QED) is 0.485. The molecule has 1 aliphatic heterocycles. The number of carbonyl (C=O) groups excluding carboxylic acids is 1. The van der Waals surface area contributed by atoms with E-state index in [0.29, 0.717) is 22.3 Å². The van der Waals surface area contributed by atoms with Gasteiger partial charge in [-0.25, -0.2) is 4.98 Å². The Hall–Kier alpha value is -2.52. The van der Waals surface area contributed by atoms with Gasteiger partial charge >= 0.3 is 0 Å². The molecule has 2 N–H and O–H groups in total. The van der Waals surface area contributed by atoms with E-state index in [2.05, 4.69) is 15.3 Å². The maximum atomic E-state index is 12.7. The maximum absolute atomic E-state index is 12.7. The zero-order valence-corrected chi connectivity index (χ0v) is 17.4. The van der Waals surface area contributed by atoms with E-state index in [9.17, 15) is 9.59 Å². The zero-order chi connectivity index (χ0) is 20.0. The minimum Gasteiger partial charge on any atom is -0.454 e. The van der Waals surface area contributed by atoms with Crippen molar-refractivity contribution in [2.75, 3.05) is 12.1 Å². The highest BCUT2D eigenvalue weighted by Gasteiger charge is 2.22. The third-order valence-electron chi connectivity index (χ3n) is 5.10. The number of fused-ring (bicyclic) bond motifs is 4. The Bertz CT molecular complexity index is 1170. The number of aromatic nitrogens is 2. The number of nitrogens with one attached hydrogen (secondary N) is 2. The molecule has 150 valence electrons. The molecule has 1 amide bonds. The minimum atomic E-state index is -0.435. The Kier molecular flexibility index (Phi) is 4.71. The van der Waals surface area contributed by atoms with Crippen LogP contribution in [0.4, 0.5) is 5.69 Å². The molecule has 1 aliphatic carbocycles. The lowest BCUT2D eigenvalue weighted by Gasteiger charge is -2.12. The summed E-state index contributed by atoms with van der Waals surface area (Å²) in [6, 6.07) is 5.27. The Labute approximate surface area is 174 Å². The van der Waals surface area contributed by atoms with Crippen molar-refractivity contribution >= 4 is 44.9 Å². The van der Waals surface area contributed by atoms with Crippen LogP contribution in [0.1, 0.15) is 30.2 Å². The predicted octanol–water partition coefficient (Wildman–Crippen LogP) is 3.71. The smallest absolute Gasteiger partial charge is 0.260 e. The first-order chi connectivity index (χ1) is 14.1. The van der Waals surface area contributed by atoms with E-state index in [1.807, 2.05) is 0 Å². The van der Waals surface area contributed by atoms with Crippen LogP contribution in [-0.4, -0.2) is 27.9 Å². The van der Waals surface area contributed by atoms with Crippen LogP contribution in [0.3, 0.4) is 0 Å². The molecule has 2 aromatic heterocycles. The summed E-state index contributed by atoms with van der Waals surface area (Å²) in [5, 5.41) is 3.63. The van der Waals surface area contributed by atoms with Gasteiger partial charge in [-0.1, -0.05) is 11.8 Å². The first-order valence-corrected chi connectivity index (χ1v) is 11.2. The molecule has 5 rings (SSSR count). The fourth-order valence-electron chi connectivity index (χ4n) is 3.64. The monoisotopic (exact) mass is 429 g/mol. The highest BCUT2D eigenvalue weighted by Crippen LogP contribution is 2.36. The van der Waals surface area contributed by atoms with Gasteiger partial charge in [-0.2, -0.15) is 0 Å². The number of nitrogens with zero attached hydrogens (tertiary/aromatic N) is 1. The summed E-state index contributed by atoms with van der Waals surface area (Å²) >= 11 is 2.85. The standard InChI is InChI=1S/C20H19N3O4S2/c1-10(17(24)21-11-6-7-13-14(8-11)27-9-26-13)28-20-22-18(25)16-12-4-2-3-5-15(12)29-19(16)23-20/h6-8,10H,2-5,9H2,1H3,(H,21,24)(H,22,23,25)/t10-/m0/s1. The Morgan fingerprint density at radius 3 is 3.00 bits per heavy atom. The molecule has 2 aliphatic rings. The first-order valence-electron chi connectivity index (χ1n) is 9.50. The highest BCUT2D eigenvalue weighted by molar-refractivity contribution is 8.00. The molecular formula is C20H19N3O4S2. The second-order valence-electron chi connectivity index (χ2n) is 7.08. The molecule has 0 bridgehead atoms. The van der Waals surface area contributed by atoms with Crippen molar-refractivity contribution in [2.24, 2.45) is 0 Å². The van der Waals surface area contributed by atoms with E-state index in [-0.39, 0.29) is 18.3 Å². The molecule has 1 aromatic carbocycles. The maximum Gasteiger partial charge on any atom is 0.260 e. The summed E-state index contributed by atoms with van der Waals surface area (Å²) in [6.45, 7) is 1.98. The molecule has 0 unspecified atom stereocenters. The fraction of sp³-hybridized carbons (Fsp3) is 0.350. The number of hydrogen-bond acceptors (Lipinski definition) is 7. The van der Waals surface area contributed by atoms with Gasteiger partial charge < -0.3 is 19.8 Å². The highest BCUT2D eigenvalue weighted by atomic mass is 32.2. The number of anilines is 1. The van der Waals surface area contributed by atoms with Crippen LogP contribution in [0.5, 0.6) is 11.5 Å². The number of H-pyrrole nitrogens is 1. The van der Waals surface area contributed by atoms with Crippen LogP contribution in [0.25, 0.3) is 10.2 Å². The van der Waals surface area contributed by atoms with E-state index in [1.54, 1.807) is 36.5 Å². The fourth-order valence-corrected chi connectivity index (χ4v) is 5.76. The molecule has 0 saturated heterocycles. The molecule has 0 saturated carbocycles. The van der Waals surface area contributed by atoms with Crippen LogP contribution in [0.15, 0.2) is 28.2 Å². The Morgan fingerprint density at radius 2 is 2.10 bits per heavy atom. The van der Waals surface area contributed by atoms with E-state index in [0.717, 1.165) is 41.5 Å². The molecule has 3 aromatic rings. The number of aryl methyl sites for hydroxylation is 2. The lowest BCUT2D eigenvalue weighted by atomic mass is 9.97. The summed E-state index contributed by atoms with van der Waals surface area (Å²) in [4.78, 5) is 34.8. The molecular weight excluding hydrogens is 410 g/mol. The lowest BCUT2D eigenvalue weighted by Crippen LogP contribution is -2.23. The first kappa shape index (κ1) is 18.5. The molecule has 0 fully saturated rings. The van der Waals surface area contributed by atoms with Gasteiger partial charge in [0, 0.05) is 16.6 Å². The summed E-state index contributed by atoms with van der Waals surface area (Å²) < 4.78 is 10.6. The zero-order valence-electron chi connectivity index (χ0n) is 15.7. The third kappa shape index (κ3) is 3.49. The summed E-state index contributed by atoms with van der Waals surface area (Å²) in [6.07, 6.45) is 4.25. The van der Waals surface area contributed by atoms with E-state index in [1.165, 1.54) is 16.6 Å². The van der Waals surface area contributed by atoms with Gasteiger partial charge in [0.05, 0.1) is 10.6 Å². The van der Waals surface area contributed by atoms with E-state index in [4.69, 9.17) is 9.47 Å². The summed E-state index contributed by atoms with van der Waals surface area (Å²) in [5.41, 5.74) is 1.69. The SMILES string of the molecule is C[C@H](Sc1nc2sc3c(c2c(=O)[nH]1)CCCC3)C(=O)Nc1ccc2c(c1)OCO2. The number of ether oxygens (including phenoxy) is 2. The van der Waals surface area contributed by atoms with E-state index < -0.39 is 5.25 Å². The molecule has 0 radical (unpaired) electrons. The van der Waals surface area contributed by atoms with Crippen molar-refractivity contribution in [1.29, 1.82) is 0 Å². The van der Waals surface area contributed by atoms with Gasteiger partial charge in [-0.05, 0) is 50.3 Å². The summed E-state index contributed by atoms with van der Waals surface area (Å²) in [5.74, 6) is 1.10. The van der Waals surface area contributed by atoms with Gasteiger partial charge in [-0.3, -0.25) is 9.59 Å². The van der Waals surface area contributed by atoms with Crippen molar-refractivity contribution < 1.29 is 14.3 Å². The molecule has 9 heteroatoms. The number of aromatic amines is 1. The van der Waals surface area contributed by atoms with Crippen molar-refractivity contribution in [3.05, 3.63) is 39.0 Å². The third-order valence-corrected chi connectivity index (χ3v) is 7.27. The number of amides is 1. The van der Waals surface area contributed by atoms with Crippen molar-refractivity contribution in [3.63, 3.8) is 0 Å². The molecule has 29 heavy (non-hydrogen) atoms. The molecule has 1 atom stereocenters. The Morgan fingerprint density at radius 1 is 1.28 bits per heavy atom. The number of thiophene rings is 1. The van der Waals surface area contributed by atoms with Crippen molar-refractivity contribution in [2.45, 2.75) is 43.0 Å². The van der Waals surface area contributed by atoms with Crippen LogP contribution >= 0.6 is 23.1 Å². The average Bonchev–Trinajstić information content (AvgIpc) is 3.31. The number of thioether (sulfide) groups is 1. The van der Waals surface area contributed by atoms with Gasteiger partial charge in [0.1, 0.15) is 4.83 Å².